The van der Waals surface area contributed by atoms with Crippen LogP contribution >= 0.6 is 11.3 Å². The summed E-state index contributed by atoms with van der Waals surface area (Å²) >= 11 is 1.76. The molecule has 2 N–H and O–H groups in total. The molecule has 1 rings (SSSR count). The van der Waals surface area contributed by atoms with E-state index in [1.165, 1.54) is 5.01 Å². The van der Waals surface area contributed by atoms with Crippen molar-refractivity contribution in [1.82, 2.24) is 4.98 Å². The summed E-state index contributed by atoms with van der Waals surface area (Å²) in [6.45, 7) is 6.40. The maximum absolute atomic E-state index is 5.97. The topological polar surface area (TPSA) is 38.9 Å². The van der Waals surface area contributed by atoms with E-state index in [0.717, 1.165) is 25.0 Å². The molecule has 80 valence electrons. The SMILES string of the molecule is Cc1csc(CCCC(N)C(C)C)n1. The molecular weight excluding hydrogens is 192 g/mol. The number of nitrogens with zero attached hydrogens (tertiary/aromatic N) is 1. The van der Waals surface area contributed by atoms with Gasteiger partial charge in [-0.1, -0.05) is 13.8 Å². The molecule has 3 heteroatoms. The minimum Gasteiger partial charge on any atom is -0.327 e. The van der Waals surface area contributed by atoms with E-state index in [9.17, 15) is 0 Å². The second kappa shape index (κ2) is 5.47. The van der Waals surface area contributed by atoms with Crippen molar-refractivity contribution in [3.63, 3.8) is 0 Å². The number of thiazole rings is 1. The number of aromatic nitrogens is 1. The lowest BCUT2D eigenvalue weighted by Gasteiger charge is -2.14. The highest BCUT2D eigenvalue weighted by Gasteiger charge is 2.07. The van der Waals surface area contributed by atoms with Crippen LogP contribution in [0.3, 0.4) is 0 Å². The van der Waals surface area contributed by atoms with Crippen LogP contribution in [0.5, 0.6) is 0 Å². The van der Waals surface area contributed by atoms with Crippen molar-refractivity contribution in [3.8, 4) is 0 Å². The zero-order valence-corrected chi connectivity index (χ0v) is 10.1. The summed E-state index contributed by atoms with van der Waals surface area (Å²) in [6, 6.07) is 0.344. The third-order valence-corrected chi connectivity index (χ3v) is 3.48. The van der Waals surface area contributed by atoms with Gasteiger partial charge in [-0.2, -0.15) is 0 Å². The Balaban J connectivity index is 2.22. The molecule has 0 aromatic carbocycles. The summed E-state index contributed by atoms with van der Waals surface area (Å²) in [6.07, 6.45) is 3.35. The van der Waals surface area contributed by atoms with Crippen LogP contribution < -0.4 is 5.73 Å². The lowest BCUT2D eigenvalue weighted by atomic mass is 10.00. The summed E-state index contributed by atoms with van der Waals surface area (Å²) in [5, 5.41) is 3.36. The second-order valence-corrected chi connectivity index (χ2v) is 5.13. The molecule has 1 aromatic heterocycles. The van der Waals surface area contributed by atoms with Crippen molar-refractivity contribution < 1.29 is 0 Å². The fraction of sp³-hybridized carbons (Fsp3) is 0.727. The minimum absolute atomic E-state index is 0.344. The summed E-state index contributed by atoms with van der Waals surface area (Å²) in [5.74, 6) is 0.591. The Kier molecular flexibility index (Phi) is 4.55. The maximum Gasteiger partial charge on any atom is 0.0928 e. The van der Waals surface area contributed by atoms with Crippen molar-refractivity contribution in [2.45, 2.75) is 46.1 Å². The van der Waals surface area contributed by atoms with Crippen LogP contribution in [0, 0.1) is 12.8 Å². The normalized spacial score (nSPS) is 13.5. The Bertz CT molecular complexity index is 268. The standard InChI is InChI=1S/C11H20N2S/c1-8(2)10(12)5-4-6-11-13-9(3)7-14-11/h7-8,10H,4-6,12H2,1-3H3. The van der Waals surface area contributed by atoms with E-state index in [1.54, 1.807) is 11.3 Å². The van der Waals surface area contributed by atoms with Crippen molar-refractivity contribution in [3.05, 3.63) is 16.1 Å². The number of hydrogen-bond acceptors (Lipinski definition) is 3. The molecule has 0 amide bonds. The molecule has 0 fully saturated rings. The fourth-order valence-corrected chi connectivity index (χ4v) is 2.16. The van der Waals surface area contributed by atoms with Crippen LogP contribution in [0.2, 0.25) is 0 Å². The highest BCUT2D eigenvalue weighted by atomic mass is 32.1. The van der Waals surface area contributed by atoms with Crippen molar-refractivity contribution in [2.75, 3.05) is 0 Å². The quantitative estimate of drug-likeness (QED) is 0.815. The third-order valence-electron chi connectivity index (χ3n) is 2.45. The van der Waals surface area contributed by atoms with Crippen molar-refractivity contribution in [1.29, 1.82) is 0 Å². The van der Waals surface area contributed by atoms with Crippen LogP contribution in [0.4, 0.5) is 0 Å². The predicted molar refractivity (Wildman–Crippen MR) is 62.6 cm³/mol. The van der Waals surface area contributed by atoms with Crippen LogP contribution in [0.1, 0.15) is 37.4 Å². The Hall–Kier alpha value is -0.410. The Morgan fingerprint density at radius 3 is 2.71 bits per heavy atom. The molecule has 1 unspecified atom stereocenters. The monoisotopic (exact) mass is 212 g/mol. The minimum atomic E-state index is 0.344. The van der Waals surface area contributed by atoms with Crippen LogP contribution in [-0.2, 0) is 6.42 Å². The van der Waals surface area contributed by atoms with Gasteiger partial charge in [0.05, 0.1) is 5.01 Å². The maximum atomic E-state index is 5.97. The van der Waals surface area contributed by atoms with Crippen molar-refractivity contribution >= 4 is 11.3 Å². The molecule has 0 aliphatic carbocycles. The van der Waals surface area contributed by atoms with Gasteiger partial charge >= 0.3 is 0 Å². The molecule has 0 bridgehead atoms. The predicted octanol–water partition coefficient (Wildman–Crippen LogP) is 2.76. The van der Waals surface area contributed by atoms with Crippen molar-refractivity contribution in [2.24, 2.45) is 11.7 Å². The van der Waals surface area contributed by atoms with Crippen LogP contribution in [-0.4, -0.2) is 11.0 Å². The number of aryl methyl sites for hydroxylation is 2. The zero-order valence-electron chi connectivity index (χ0n) is 9.29. The second-order valence-electron chi connectivity index (χ2n) is 4.18. The van der Waals surface area contributed by atoms with E-state index in [-0.39, 0.29) is 0 Å². The molecule has 0 aliphatic heterocycles. The Labute approximate surface area is 90.6 Å². The first-order valence-corrected chi connectivity index (χ1v) is 6.14. The van der Waals surface area contributed by atoms with Crippen LogP contribution in [0.25, 0.3) is 0 Å². The first-order chi connectivity index (χ1) is 6.59. The van der Waals surface area contributed by atoms with Gasteiger partial charge in [-0.15, -0.1) is 11.3 Å². The molecule has 0 aliphatic rings. The number of rotatable bonds is 5. The van der Waals surface area contributed by atoms with Gasteiger partial charge < -0.3 is 5.73 Å². The Morgan fingerprint density at radius 1 is 1.50 bits per heavy atom. The van der Waals surface area contributed by atoms with Gasteiger partial charge in [0.2, 0.25) is 0 Å². The van der Waals surface area contributed by atoms with E-state index in [0.29, 0.717) is 12.0 Å². The lowest BCUT2D eigenvalue weighted by molar-refractivity contribution is 0.452. The first kappa shape index (κ1) is 11.7. The molecular formula is C11H20N2S. The van der Waals surface area contributed by atoms with Gasteiger partial charge in [0.25, 0.3) is 0 Å². The fourth-order valence-electron chi connectivity index (χ4n) is 1.34. The highest BCUT2D eigenvalue weighted by Crippen LogP contribution is 2.13. The van der Waals surface area contributed by atoms with E-state index in [1.807, 2.05) is 6.92 Å². The van der Waals surface area contributed by atoms with Crippen LogP contribution in [0.15, 0.2) is 5.38 Å². The molecule has 14 heavy (non-hydrogen) atoms. The molecule has 1 heterocycles. The van der Waals surface area contributed by atoms with Gasteiger partial charge in [-0.05, 0) is 32.1 Å². The highest BCUT2D eigenvalue weighted by molar-refractivity contribution is 7.09. The number of hydrogen-bond donors (Lipinski definition) is 1. The largest absolute Gasteiger partial charge is 0.327 e. The summed E-state index contributed by atoms with van der Waals surface area (Å²) in [7, 11) is 0. The summed E-state index contributed by atoms with van der Waals surface area (Å²) in [4.78, 5) is 4.43. The van der Waals surface area contributed by atoms with E-state index >= 15 is 0 Å². The molecule has 1 aromatic rings. The first-order valence-electron chi connectivity index (χ1n) is 5.26. The number of nitrogens with two attached hydrogens (primary N) is 1. The van der Waals surface area contributed by atoms with E-state index in [4.69, 9.17) is 5.73 Å². The van der Waals surface area contributed by atoms with Gasteiger partial charge in [0.1, 0.15) is 0 Å². The zero-order chi connectivity index (χ0) is 10.6. The third kappa shape index (κ3) is 3.76. The average Bonchev–Trinajstić information content (AvgIpc) is 2.51. The van der Waals surface area contributed by atoms with Gasteiger partial charge in [-0.3, -0.25) is 0 Å². The molecule has 2 nitrogen and oxygen atoms in total. The molecule has 0 radical (unpaired) electrons. The molecule has 1 atom stereocenters. The van der Waals surface area contributed by atoms with E-state index in [2.05, 4.69) is 24.2 Å². The smallest absolute Gasteiger partial charge is 0.0928 e. The average molecular weight is 212 g/mol. The van der Waals surface area contributed by atoms with E-state index < -0.39 is 0 Å². The lowest BCUT2D eigenvalue weighted by Crippen LogP contribution is -2.26. The molecule has 0 spiro atoms. The van der Waals surface area contributed by atoms with Gasteiger partial charge in [0.15, 0.2) is 0 Å². The summed E-state index contributed by atoms with van der Waals surface area (Å²) in [5.41, 5.74) is 7.11. The Morgan fingerprint density at radius 2 is 2.21 bits per heavy atom. The molecule has 0 saturated heterocycles. The van der Waals surface area contributed by atoms with Gasteiger partial charge in [0, 0.05) is 17.1 Å². The van der Waals surface area contributed by atoms with Gasteiger partial charge in [-0.25, -0.2) is 4.98 Å². The molecule has 0 saturated carbocycles. The summed E-state index contributed by atoms with van der Waals surface area (Å²) < 4.78 is 0.